The van der Waals surface area contributed by atoms with Gasteiger partial charge in [0.25, 0.3) is 0 Å². The Morgan fingerprint density at radius 3 is 2.24 bits per heavy atom. The summed E-state index contributed by atoms with van der Waals surface area (Å²) in [5, 5.41) is 3.33. The van der Waals surface area contributed by atoms with Crippen molar-refractivity contribution in [1.29, 1.82) is 0 Å². The van der Waals surface area contributed by atoms with Crippen LogP contribution in [0.15, 0.2) is 18.2 Å². The van der Waals surface area contributed by atoms with Gasteiger partial charge in [0, 0.05) is 0 Å². The van der Waals surface area contributed by atoms with Crippen molar-refractivity contribution in [2.45, 2.75) is 46.3 Å². The molecule has 96 valence electrons. The van der Waals surface area contributed by atoms with E-state index in [1.54, 1.807) is 0 Å². The van der Waals surface area contributed by atoms with E-state index in [9.17, 15) is 0 Å². The minimum absolute atomic E-state index is 0.280. The summed E-state index contributed by atoms with van der Waals surface area (Å²) in [6.07, 6.45) is 1.39. The van der Waals surface area contributed by atoms with Crippen molar-refractivity contribution in [2.24, 2.45) is 0 Å². The molecule has 17 heavy (non-hydrogen) atoms. The first-order valence-corrected chi connectivity index (χ1v) is 6.43. The second-order valence-corrected chi connectivity index (χ2v) is 4.81. The van der Waals surface area contributed by atoms with Gasteiger partial charge >= 0.3 is 0 Å². The van der Waals surface area contributed by atoms with Crippen LogP contribution in [0, 0.1) is 13.8 Å². The van der Waals surface area contributed by atoms with E-state index in [1.165, 1.54) is 16.7 Å². The lowest BCUT2D eigenvalue weighted by Crippen LogP contribution is -2.24. The zero-order chi connectivity index (χ0) is 12.8. The van der Waals surface area contributed by atoms with Crippen LogP contribution in [0.3, 0.4) is 0 Å². The van der Waals surface area contributed by atoms with Crippen LogP contribution in [0.4, 0.5) is 0 Å². The maximum absolute atomic E-state index is 5.82. The molecule has 0 aliphatic rings. The average Bonchev–Trinajstić information content (AvgIpc) is 2.28. The first kappa shape index (κ1) is 14.2. The Morgan fingerprint density at radius 1 is 1.18 bits per heavy atom. The number of aryl methyl sites for hydroxylation is 2. The van der Waals surface area contributed by atoms with Crippen LogP contribution >= 0.6 is 0 Å². The van der Waals surface area contributed by atoms with Gasteiger partial charge in [-0.1, -0.05) is 36.2 Å². The van der Waals surface area contributed by atoms with Gasteiger partial charge in [0.2, 0.25) is 0 Å². The molecule has 0 aliphatic heterocycles. The maximum Gasteiger partial charge on any atom is 0.0665 e. The van der Waals surface area contributed by atoms with Gasteiger partial charge in [-0.3, -0.25) is 0 Å². The number of hydrogen-bond donors (Lipinski definition) is 1. The highest BCUT2D eigenvalue weighted by atomic mass is 16.5. The minimum Gasteiger partial charge on any atom is -0.377 e. The third-order valence-electron chi connectivity index (χ3n) is 3.12. The van der Waals surface area contributed by atoms with Crippen LogP contribution in [-0.2, 0) is 4.74 Å². The Bertz CT molecular complexity index is 329. The number of hydrogen-bond acceptors (Lipinski definition) is 2. The van der Waals surface area contributed by atoms with Gasteiger partial charge in [0.05, 0.1) is 18.8 Å². The van der Waals surface area contributed by atoms with Crippen LogP contribution in [0.1, 0.15) is 43.0 Å². The Kier molecular flexibility index (Phi) is 5.66. The van der Waals surface area contributed by atoms with Crippen LogP contribution in [0.5, 0.6) is 0 Å². The van der Waals surface area contributed by atoms with Crippen molar-refractivity contribution in [3.8, 4) is 0 Å². The lowest BCUT2D eigenvalue weighted by molar-refractivity contribution is 0.0487. The largest absolute Gasteiger partial charge is 0.377 e. The Hall–Kier alpha value is -0.860. The van der Waals surface area contributed by atoms with E-state index in [2.05, 4.69) is 51.2 Å². The number of ether oxygens (including phenoxy) is 1. The smallest absolute Gasteiger partial charge is 0.0665 e. The van der Waals surface area contributed by atoms with E-state index in [1.807, 2.05) is 7.05 Å². The fourth-order valence-electron chi connectivity index (χ4n) is 1.94. The van der Waals surface area contributed by atoms with Crippen molar-refractivity contribution in [3.05, 3.63) is 34.9 Å². The van der Waals surface area contributed by atoms with Crippen molar-refractivity contribution < 1.29 is 4.74 Å². The SMILES string of the molecule is CCC(C)OCC(NC)c1cc(C)cc(C)c1. The van der Waals surface area contributed by atoms with Gasteiger partial charge in [-0.15, -0.1) is 0 Å². The summed E-state index contributed by atoms with van der Waals surface area (Å²) in [6.45, 7) is 9.27. The molecule has 1 N–H and O–H groups in total. The van der Waals surface area contributed by atoms with E-state index >= 15 is 0 Å². The summed E-state index contributed by atoms with van der Waals surface area (Å²) in [6, 6.07) is 6.94. The molecule has 2 heteroatoms. The first-order chi connectivity index (χ1) is 8.06. The summed E-state index contributed by atoms with van der Waals surface area (Å²) in [7, 11) is 1.99. The number of likely N-dealkylation sites (N-methyl/N-ethyl adjacent to an activating group) is 1. The molecule has 1 aromatic rings. The molecule has 0 fully saturated rings. The Labute approximate surface area is 105 Å². The molecule has 0 aromatic heterocycles. The molecule has 2 atom stereocenters. The van der Waals surface area contributed by atoms with E-state index in [-0.39, 0.29) is 6.04 Å². The summed E-state index contributed by atoms with van der Waals surface area (Å²) < 4.78 is 5.82. The Balaban J connectivity index is 2.72. The van der Waals surface area contributed by atoms with Crippen molar-refractivity contribution in [1.82, 2.24) is 5.32 Å². The predicted molar refractivity (Wildman–Crippen MR) is 73.4 cm³/mol. The molecule has 2 nitrogen and oxygen atoms in total. The third-order valence-corrected chi connectivity index (χ3v) is 3.12. The number of nitrogens with one attached hydrogen (secondary N) is 1. The second kappa shape index (κ2) is 6.77. The summed E-state index contributed by atoms with van der Waals surface area (Å²) in [4.78, 5) is 0. The molecule has 0 aliphatic carbocycles. The molecule has 0 saturated heterocycles. The molecule has 0 amide bonds. The molecule has 0 saturated carbocycles. The molecule has 0 bridgehead atoms. The zero-order valence-electron chi connectivity index (χ0n) is 11.7. The van der Waals surface area contributed by atoms with Gasteiger partial charge in [-0.25, -0.2) is 0 Å². The molecule has 1 rings (SSSR count). The average molecular weight is 235 g/mol. The predicted octanol–water partition coefficient (Wildman–Crippen LogP) is 3.38. The molecule has 1 aromatic carbocycles. The molecule has 0 radical (unpaired) electrons. The number of rotatable bonds is 6. The summed E-state index contributed by atoms with van der Waals surface area (Å²) in [5.41, 5.74) is 3.93. The highest BCUT2D eigenvalue weighted by Gasteiger charge is 2.11. The van der Waals surface area contributed by atoms with Gasteiger partial charge in [0.15, 0.2) is 0 Å². The quantitative estimate of drug-likeness (QED) is 0.816. The van der Waals surface area contributed by atoms with E-state index in [0.717, 1.165) is 13.0 Å². The maximum atomic E-state index is 5.82. The highest BCUT2D eigenvalue weighted by Crippen LogP contribution is 2.17. The van der Waals surface area contributed by atoms with Crippen molar-refractivity contribution in [2.75, 3.05) is 13.7 Å². The second-order valence-electron chi connectivity index (χ2n) is 4.81. The van der Waals surface area contributed by atoms with Crippen LogP contribution in [0.2, 0.25) is 0 Å². The van der Waals surface area contributed by atoms with E-state index in [4.69, 9.17) is 4.74 Å². The minimum atomic E-state index is 0.280. The summed E-state index contributed by atoms with van der Waals surface area (Å²) in [5.74, 6) is 0. The topological polar surface area (TPSA) is 21.3 Å². The summed E-state index contributed by atoms with van der Waals surface area (Å²) >= 11 is 0. The fraction of sp³-hybridized carbons (Fsp3) is 0.600. The van der Waals surface area contributed by atoms with Crippen LogP contribution in [0.25, 0.3) is 0 Å². The van der Waals surface area contributed by atoms with Crippen molar-refractivity contribution >= 4 is 0 Å². The van der Waals surface area contributed by atoms with E-state index < -0.39 is 0 Å². The van der Waals surface area contributed by atoms with Crippen LogP contribution in [-0.4, -0.2) is 19.8 Å². The molecule has 0 spiro atoms. The first-order valence-electron chi connectivity index (χ1n) is 6.43. The van der Waals surface area contributed by atoms with Crippen LogP contribution < -0.4 is 5.32 Å². The third kappa shape index (κ3) is 4.49. The normalized spacial score (nSPS) is 14.6. The van der Waals surface area contributed by atoms with Gasteiger partial charge in [0.1, 0.15) is 0 Å². The zero-order valence-corrected chi connectivity index (χ0v) is 11.7. The van der Waals surface area contributed by atoms with Gasteiger partial charge in [-0.2, -0.15) is 0 Å². The molecular weight excluding hydrogens is 210 g/mol. The molecular formula is C15H25NO. The van der Waals surface area contributed by atoms with Gasteiger partial charge < -0.3 is 10.1 Å². The standard InChI is InChI=1S/C15H25NO/c1-6-13(4)17-10-15(16-5)14-8-11(2)7-12(3)9-14/h7-9,13,15-16H,6,10H2,1-5H3. The van der Waals surface area contributed by atoms with E-state index in [0.29, 0.717) is 6.10 Å². The fourth-order valence-corrected chi connectivity index (χ4v) is 1.94. The monoisotopic (exact) mass is 235 g/mol. The number of benzene rings is 1. The Morgan fingerprint density at radius 2 is 1.76 bits per heavy atom. The van der Waals surface area contributed by atoms with Gasteiger partial charge in [-0.05, 0) is 39.8 Å². The molecule has 2 unspecified atom stereocenters. The highest BCUT2D eigenvalue weighted by molar-refractivity contribution is 5.30. The lowest BCUT2D eigenvalue weighted by Gasteiger charge is -2.20. The lowest BCUT2D eigenvalue weighted by atomic mass is 10.0. The molecule has 0 heterocycles. The van der Waals surface area contributed by atoms with Crippen molar-refractivity contribution in [3.63, 3.8) is 0 Å².